The number of carbonyl (C=O) groups is 2. The minimum atomic E-state index is -0.954. The number of ketones is 1. The minimum Gasteiger partial charge on any atom is -0.462 e. The molecule has 27 heavy (non-hydrogen) atoms. The number of Topliss-reactive ketones (excluding diaryl/α,β-unsaturated/α-hetero) is 1. The van der Waals surface area contributed by atoms with Crippen LogP contribution in [0.5, 0.6) is 0 Å². The number of rotatable bonds is 3. The molecule has 0 fully saturated rings. The van der Waals surface area contributed by atoms with Gasteiger partial charge in [-0.2, -0.15) is 0 Å². The second kappa shape index (κ2) is 7.11. The van der Waals surface area contributed by atoms with Gasteiger partial charge in [0, 0.05) is 28.5 Å². The Labute approximate surface area is 165 Å². The fraction of sp³-hybridized carbons (Fsp3) is 0.400. The number of hydrogen-bond acceptors (Lipinski definition) is 5. The topological polar surface area (TPSA) is 78.6 Å². The van der Waals surface area contributed by atoms with Crippen molar-refractivity contribution in [3.05, 3.63) is 56.8 Å². The molecule has 2 N–H and O–H groups in total. The fourth-order valence-electron chi connectivity index (χ4n) is 3.64. The van der Waals surface area contributed by atoms with E-state index in [1.165, 1.54) is 6.07 Å². The van der Waals surface area contributed by atoms with Gasteiger partial charge in [-0.25, -0.2) is 9.18 Å². The van der Waals surface area contributed by atoms with Crippen LogP contribution in [0.15, 0.2) is 45.5 Å². The van der Waals surface area contributed by atoms with Gasteiger partial charge in [0.25, 0.3) is 0 Å². The number of carbonyl (C=O) groups excluding carboxylic acids is 2. The Kier molecular flexibility index (Phi) is 5.16. The van der Waals surface area contributed by atoms with E-state index in [0.717, 1.165) is 0 Å². The molecule has 0 radical (unpaired) electrons. The van der Waals surface area contributed by atoms with Crippen LogP contribution in [0.1, 0.15) is 45.1 Å². The molecule has 0 aromatic heterocycles. The first-order valence-corrected chi connectivity index (χ1v) is 9.49. The third kappa shape index (κ3) is 3.65. The monoisotopic (exact) mass is 437 g/mol. The average molecular weight is 438 g/mol. The van der Waals surface area contributed by atoms with Crippen molar-refractivity contribution in [2.45, 2.75) is 39.5 Å². The quantitative estimate of drug-likeness (QED) is 0.720. The molecule has 1 aliphatic heterocycles. The van der Waals surface area contributed by atoms with Crippen LogP contribution in [0.3, 0.4) is 0 Å². The molecule has 0 amide bonds. The van der Waals surface area contributed by atoms with E-state index in [1.807, 2.05) is 13.8 Å². The van der Waals surface area contributed by atoms with Gasteiger partial charge in [0.2, 0.25) is 5.88 Å². The van der Waals surface area contributed by atoms with Gasteiger partial charge in [-0.1, -0.05) is 35.8 Å². The lowest BCUT2D eigenvalue weighted by molar-refractivity contribution is -0.139. The van der Waals surface area contributed by atoms with E-state index in [4.69, 9.17) is 15.2 Å². The van der Waals surface area contributed by atoms with Gasteiger partial charge < -0.3 is 15.2 Å². The molecule has 0 spiro atoms. The van der Waals surface area contributed by atoms with E-state index in [1.54, 1.807) is 19.1 Å². The van der Waals surface area contributed by atoms with E-state index in [0.29, 0.717) is 16.7 Å². The zero-order valence-electron chi connectivity index (χ0n) is 15.4. The van der Waals surface area contributed by atoms with Crippen LogP contribution >= 0.6 is 15.9 Å². The van der Waals surface area contributed by atoms with Crippen LogP contribution in [0.2, 0.25) is 0 Å². The van der Waals surface area contributed by atoms with Gasteiger partial charge in [-0.05, 0) is 24.5 Å². The molecule has 2 aliphatic rings. The maximum Gasteiger partial charge on any atom is 0.340 e. The highest BCUT2D eigenvalue weighted by molar-refractivity contribution is 9.10. The second-order valence-corrected chi connectivity index (χ2v) is 8.39. The van der Waals surface area contributed by atoms with Gasteiger partial charge in [0.1, 0.15) is 17.1 Å². The highest BCUT2D eigenvalue weighted by Crippen LogP contribution is 2.48. The number of benzene rings is 1. The zero-order valence-corrected chi connectivity index (χ0v) is 17.0. The van der Waals surface area contributed by atoms with Crippen molar-refractivity contribution >= 4 is 27.7 Å². The van der Waals surface area contributed by atoms with Crippen LogP contribution in [0.4, 0.5) is 4.39 Å². The molecule has 7 heteroatoms. The van der Waals surface area contributed by atoms with Crippen molar-refractivity contribution in [2.24, 2.45) is 11.1 Å². The van der Waals surface area contributed by atoms with Crippen LogP contribution in [-0.2, 0) is 19.1 Å². The normalized spacial score (nSPS) is 21.7. The van der Waals surface area contributed by atoms with Gasteiger partial charge in [0.05, 0.1) is 12.5 Å². The number of esters is 1. The Morgan fingerprint density at radius 1 is 1.41 bits per heavy atom. The molecule has 3 rings (SSSR count). The van der Waals surface area contributed by atoms with Gasteiger partial charge >= 0.3 is 5.97 Å². The Bertz CT molecular complexity index is 888. The van der Waals surface area contributed by atoms with Crippen molar-refractivity contribution in [2.75, 3.05) is 6.61 Å². The molecule has 0 unspecified atom stereocenters. The van der Waals surface area contributed by atoms with Crippen LogP contribution in [0, 0.1) is 11.2 Å². The number of allylic oxidation sites excluding steroid dienone is 2. The number of hydrogen-bond donors (Lipinski definition) is 1. The van der Waals surface area contributed by atoms with Gasteiger partial charge in [0.15, 0.2) is 5.78 Å². The number of ether oxygens (including phenoxy) is 2. The lowest BCUT2D eigenvalue weighted by Crippen LogP contribution is -2.36. The number of halogens is 2. The van der Waals surface area contributed by atoms with E-state index in [9.17, 15) is 14.0 Å². The highest BCUT2D eigenvalue weighted by atomic mass is 79.9. The fourth-order valence-corrected chi connectivity index (χ4v) is 3.97. The summed E-state index contributed by atoms with van der Waals surface area (Å²) in [6.07, 6.45) is 0.749. The van der Waals surface area contributed by atoms with E-state index >= 15 is 0 Å². The molecule has 1 heterocycles. The largest absolute Gasteiger partial charge is 0.462 e. The Hall–Kier alpha value is -2.15. The summed E-state index contributed by atoms with van der Waals surface area (Å²) in [7, 11) is 0. The number of nitrogens with two attached hydrogens (primary N) is 1. The lowest BCUT2D eigenvalue weighted by atomic mass is 9.70. The summed E-state index contributed by atoms with van der Waals surface area (Å²) in [6, 6.07) is 4.49. The molecular formula is C20H21BrFNO4. The van der Waals surface area contributed by atoms with Crippen molar-refractivity contribution < 1.29 is 23.5 Å². The molecular weight excluding hydrogens is 417 g/mol. The predicted molar refractivity (Wildman–Crippen MR) is 101 cm³/mol. The highest BCUT2D eigenvalue weighted by Gasteiger charge is 2.45. The maximum absolute atomic E-state index is 14.8. The Balaban J connectivity index is 2.22. The third-order valence-electron chi connectivity index (χ3n) is 4.72. The van der Waals surface area contributed by atoms with E-state index in [-0.39, 0.29) is 46.8 Å². The standard InChI is InChI=1S/C20H21BrFNO4/c1-4-26-19(25)17-15(11-6-5-10(21)7-12(11)22)16-13(24)8-20(2,3)9-14(16)27-18(17)23/h5-7,15H,4,8-9,23H2,1-3H3/t15-/m0/s1. The molecule has 144 valence electrons. The average Bonchev–Trinajstić information content (AvgIpc) is 2.52. The predicted octanol–water partition coefficient (Wildman–Crippen LogP) is 4.08. The zero-order chi connectivity index (χ0) is 19.9. The molecule has 5 nitrogen and oxygen atoms in total. The summed E-state index contributed by atoms with van der Waals surface area (Å²) in [6.45, 7) is 5.69. The molecule has 1 aromatic rings. The van der Waals surface area contributed by atoms with E-state index in [2.05, 4.69) is 15.9 Å². The smallest absolute Gasteiger partial charge is 0.340 e. The molecule has 1 aliphatic carbocycles. The first-order valence-electron chi connectivity index (χ1n) is 8.70. The summed E-state index contributed by atoms with van der Waals surface area (Å²) < 4.78 is 26.1. The van der Waals surface area contributed by atoms with Crippen LogP contribution < -0.4 is 5.73 Å². The Morgan fingerprint density at radius 3 is 2.74 bits per heavy atom. The lowest BCUT2D eigenvalue weighted by Gasteiger charge is -2.38. The van der Waals surface area contributed by atoms with Crippen molar-refractivity contribution in [1.82, 2.24) is 0 Å². The first kappa shape index (κ1) is 19.6. The summed E-state index contributed by atoms with van der Waals surface area (Å²) in [5.41, 5.74) is 6.17. The molecule has 0 saturated heterocycles. The SMILES string of the molecule is CCOC(=O)C1=C(N)OC2=C(C(=O)CC(C)(C)C2)[C@@H]1c1ccc(Br)cc1F. The Morgan fingerprint density at radius 2 is 2.11 bits per heavy atom. The van der Waals surface area contributed by atoms with Gasteiger partial charge in [-0.15, -0.1) is 0 Å². The maximum atomic E-state index is 14.8. The molecule has 1 atom stereocenters. The first-order chi connectivity index (χ1) is 12.6. The third-order valence-corrected chi connectivity index (χ3v) is 5.22. The van der Waals surface area contributed by atoms with Crippen molar-refractivity contribution in [3.63, 3.8) is 0 Å². The van der Waals surface area contributed by atoms with Crippen LogP contribution in [-0.4, -0.2) is 18.4 Å². The minimum absolute atomic E-state index is 0.0371. The van der Waals surface area contributed by atoms with Gasteiger partial charge in [-0.3, -0.25) is 4.79 Å². The molecule has 1 aromatic carbocycles. The molecule has 0 bridgehead atoms. The summed E-state index contributed by atoms with van der Waals surface area (Å²) in [5, 5.41) is 0. The summed E-state index contributed by atoms with van der Waals surface area (Å²) in [4.78, 5) is 25.5. The van der Waals surface area contributed by atoms with Crippen LogP contribution in [0.25, 0.3) is 0 Å². The summed E-state index contributed by atoms with van der Waals surface area (Å²) >= 11 is 3.22. The van der Waals surface area contributed by atoms with Crippen molar-refractivity contribution in [3.8, 4) is 0 Å². The van der Waals surface area contributed by atoms with Crippen molar-refractivity contribution in [1.29, 1.82) is 0 Å². The summed E-state index contributed by atoms with van der Waals surface area (Å²) in [5.74, 6) is -2.15. The van der Waals surface area contributed by atoms with E-state index < -0.39 is 17.7 Å². The molecule has 0 saturated carbocycles. The second-order valence-electron chi connectivity index (χ2n) is 7.48.